The molecule has 2 rings (SSSR count). The van der Waals surface area contributed by atoms with Gasteiger partial charge in [-0.2, -0.15) is 0 Å². The van der Waals surface area contributed by atoms with E-state index in [4.69, 9.17) is 4.74 Å². The molecule has 19 heavy (non-hydrogen) atoms. The third-order valence-electron chi connectivity index (χ3n) is 4.19. The van der Waals surface area contributed by atoms with E-state index in [2.05, 4.69) is 35.0 Å². The third-order valence-corrected chi connectivity index (χ3v) is 4.81. The highest BCUT2D eigenvalue weighted by molar-refractivity contribution is 9.10. The molecular weight excluding hydrogens is 304 g/mol. The minimum atomic E-state index is -0.529. The summed E-state index contributed by atoms with van der Waals surface area (Å²) in [5.41, 5.74) is 0.642. The Bertz CT molecular complexity index is 433. The maximum Gasteiger partial charge on any atom is 0.133 e. The lowest BCUT2D eigenvalue weighted by Gasteiger charge is -2.27. The number of ether oxygens (including phenoxy) is 1. The van der Waals surface area contributed by atoms with Crippen LogP contribution >= 0.6 is 15.9 Å². The third kappa shape index (κ3) is 3.96. The van der Waals surface area contributed by atoms with E-state index in [1.807, 2.05) is 6.07 Å². The topological polar surface area (TPSA) is 29.5 Å². The zero-order valence-corrected chi connectivity index (χ0v) is 13.4. The van der Waals surface area contributed by atoms with Crippen molar-refractivity contribution in [1.29, 1.82) is 0 Å². The molecule has 0 heterocycles. The lowest BCUT2D eigenvalue weighted by Crippen LogP contribution is -2.30. The van der Waals surface area contributed by atoms with Crippen LogP contribution in [0.3, 0.4) is 0 Å². The van der Waals surface area contributed by atoms with Gasteiger partial charge in [0.2, 0.25) is 0 Å². The van der Waals surface area contributed by atoms with Gasteiger partial charge in [0.05, 0.1) is 17.2 Å². The van der Waals surface area contributed by atoms with Crippen molar-refractivity contribution in [3.05, 3.63) is 28.2 Å². The van der Waals surface area contributed by atoms with Crippen molar-refractivity contribution in [2.45, 2.75) is 51.0 Å². The van der Waals surface area contributed by atoms with E-state index < -0.39 is 5.60 Å². The Kier molecular flexibility index (Phi) is 4.91. The van der Waals surface area contributed by atoms with E-state index in [9.17, 15) is 5.11 Å². The summed E-state index contributed by atoms with van der Waals surface area (Å²) in [5, 5.41) is 10.8. The zero-order chi connectivity index (χ0) is 13.9. The van der Waals surface area contributed by atoms with E-state index in [1.165, 1.54) is 12.0 Å². The smallest absolute Gasteiger partial charge is 0.133 e. The van der Waals surface area contributed by atoms with Crippen LogP contribution in [-0.4, -0.2) is 17.8 Å². The molecule has 1 aromatic carbocycles. The second-order valence-electron chi connectivity index (χ2n) is 5.91. The van der Waals surface area contributed by atoms with Gasteiger partial charge in [0.15, 0.2) is 0 Å². The Hall–Kier alpha value is -0.540. The molecule has 2 unspecified atom stereocenters. The molecule has 0 amide bonds. The maximum atomic E-state index is 10.8. The molecule has 1 aliphatic rings. The number of aliphatic hydroxyl groups is 1. The molecule has 1 fully saturated rings. The summed E-state index contributed by atoms with van der Waals surface area (Å²) in [7, 11) is 1.67. The van der Waals surface area contributed by atoms with Crippen LogP contribution in [0.25, 0.3) is 0 Å². The number of hydrogen-bond donors (Lipinski definition) is 1. The number of methoxy groups -OCH3 is 1. The fraction of sp³-hybridized carbons (Fsp3) is 0.625. The molecule has 2 atom stereocenters. The Labute approximate surface area is 124 Å². The van der Waals surface area contributed by atoms with Crippen LogP contribution in [0.4, 0.5) is 0 Å². The number of hydrogen-bond acceptors (Lipinski definition) is 2. The SMILES string of the molecule is COc1ccc(CC2(O)CCCC(C)CC2)cc1Br. The van der Waals surface area contributed by atoms with Gasteiger partial charge in [-0.3, -0.25) is 0 Å². The molecular formula is C16H23BrO2. The van der Waals surface area contributed by atoms with Gasteiger partial charge in [-0.1, -0.05) is 25.8 Å². The lowest BCUT2D eigenvalue weighted by molar-refractivity contribution is 0.0243. The summed E-state index contributed by atoms with van der Waals surface area (Å²) in [6, 6.07) is 6.07. The largest absolute Gasteiger partial charge is 0.496 e. The quantitative estimate of drug-likeness (QED) is 0.837. The van der Waals surface area contributed by atoms with Gasteiger partial charge in [-0.05, 0) is 58.8 Å². The highest BCUT2D eigenvalue weighted by atomic mass is 79.9. The van der Waals surface area contributed by atoms with Crippen LogP contribution in [0.15, 0.2) is 22.7 Å². The summed E-state index contributed by atoms with van der Waals surface area (Å²) in [5.74, 6) is 1.59. The lowest BCUT2D eigenvalue weighted by atomic mass is 9.87. The standard InChI is InChI=1S/C16H23BrO2/c1-12-4-3-8-16(18,9-7-12)11-13-5-6-15(19-2)14(17)10-13/h5-6,10,12,18H,3-4,7-9,11H2,1-2H3. The van der Waals surface area contributed by atoms with E-state index in [-0.39, 0.29) is 0 Å². The molecule has 1 N–H and O–H groups in total. The molecule has 106 valence electrons. The van der Waals surface area contributed by atoms with E-state index in [0.717, 1.165) is 48.2 Å². The van der Waals surface area contributed by atoms with E-state index in [0.29, 0.717) is 0 Å². The van der Waals surface area contributed by atoms with Crippen LogP contribution < -0.4 is 4.74 Å². The molecule has 2 nitrogen and oxygen atoms in total. The van der Waals surface area contributed by atoms with Gasteiger partial charge in [-0.15, -0.1) is 0 Å². The second-order valence-corrected chi connectivity index (χ2v) is 6.76. The van der Waals surface area contributed by atoms with Gasteiger partial charge in [0.1, 0.15) is 5.75 Å². The minimum Gasteiger partial charge on any atom is -0.496 e. The van der Waals surface area contributed by atoms with Crippen molar-refractivity contribution in [3.8, 4) is 5.75 Å². The van der Waals surface area contributed by atoms with Crippen LogP contribution in [0.1, 0.15) is 44.6 Å². The molecule has 3 heteroatoms. The first kappa shape index (κ1) is 14.9. The molecule has 1 aliphatic carbocycles. The molecule has 1 saturated carbocycles. The van der Waals surface area contributed by atoms with Crippen molar-refractivity contribution in [2.24, 2.45) is 5.92 Å². The van der Waals surface area contributed by atoms with Gasteiger partial charge < -0.3 is 9.84 Å². The number of halogens is 1. The maximum absolute atomic E-state index is 10.8. The summed E-state index contributed by atoms with van der Waals surface area (Å²) in [6.07, 6.45) is 6.08. The Balaban J connectivity index is 2.09. The minimum absolute atomic E-state index is 0.529. The molecule has 0 aromatic heterocycles. The van der Waals surface area contributed by atoms with Crippen molar-refractivity contribution in [3.63, 3.8) is 0 Å². The first-order chi connectivity index (χ1) is 9.02. The van der Waals surface area contributed by atoms with Crippen LogP contribution in [-0.2, 0) is 6.42 Å². The summed E-state index contributed by atoms with van der Waals surface area (Å²) in [4.78, 5) is 0. The molecule has 0 saturated heterocycles. The van der Waals surface area contributed by atoms with Crippen LogP contribution in [0.5, 0.6) is 5.75 Å². The molecule has 0 bridgehead atoms. The Morgan fingerprint density at radius 3 is 2.84 bits per heavy atom. The summed E-state index contributed by atoms with van der Waals surface area (Å²) < 4.78 is 6.20. The van der Waals surface area contributed by atoms with Gasteiger partial charge >= 0.3 is 0 Å². The fourth-order valence-corrected chi connectivity index (χ4v) is 3.53. The normalized spacial score (nSPS) is 27.9. The summed E-state index contributed by atoms with van der Waals surface area (Å²) >= 11 is 3.51. The molecule has 0 aliphatic heterocycles. The highest BCUT2D eigenvalue weighted by Crippen LogP contribution is 2.34. The van der Waals surface area contributed by atoms with Crippen molar-refractivity contribution in [1.82, 2.24) is 0 Å². The van der Waals surface area contributed by atoms with Crippen molar-refractivity contribution >= 4 is 15.9 Å². The van der Waals surface area contributed by atoms with E-state index in [1.54, 1.807) is 7.11 Å². The zero-order valence-electron chi connectivity index (χ0n) is 11.8. The Morgan fingerprint density at radius 1 is 1.37 bits per heavy atom. The molecule has 1 aromatic rings. The predicted octanol–water partition coefficient (Wildman–Crippen LogP) is 4.33. The predicted molar refractivity (Wildman–Crippen MR) is 81.6 cm³/mol. The first-order valence-electron chi connectivity index (χ1n) is 7.07. The van der Waals surface area contributed by atoms with Gasteiger partial charge in [0.25, 0.3) is 0 Å². The number of benzene rings is 1. The molecule has 0 spiro atoms. The average Bonchev–Trinajstić information content (AvgIpc) is 2.52. The summed E-state index contributed by atoms with van der Waals surface area (Å²) in [6.45, 7) is 2.29. The van der Waals surface area contributed by atoms with Gasteiger partial charge in [0, 0.05) is 6.42 Å². The second kappa shape index (κ2) is 6.27. The van der Waals surface area contributed by atoms with Gasteiger partial charge in [-0.25, -0.2) is 0 Å². The Morgan fingerprint density at radius 2 is 2.16 bits per heavy atom. The average molecular weight is 327 g/mol. The highest BCUT2D eigenvalue weighted by Gasteiger charge is 2.30. The fourth-order valence-electron chi connectivity index (χ4n) is 2.94. The van der Waals surface area contributed by atoms with Crippen molar-refractivity contribution < 1.29 is 9.84 Å². The van der Waals surface area contributed by atoms with Crippen LogP contribution in [0.2, 0.25) is 0 Å². The monoisotopic (exact) mass is 326 g/mol. The van der Waals surface area contributed by atoms with E-state index >= 15 is 0 Å². The van der Waals surface area contributed by atoms with Crippen LogP contribution in [0, 0.1) is 5.92 Å². The van der Waals surface area contributed by atoms with Crippen molar-refractivity contribution in [2.75, 3.05) is 7.11 Å². The molecule has 0 radical (unpaired) electrons. The number of rotatable bonds is 3. The first-order valence-corrected chi connectivity index (χ1v) is 7.86.